The molecule has 2 heterocycles. The molecule has 6 heteroatoms. The predicted molar refractivity (Wildman–Crippen MR) is 103 cm³/mol. The van der Waals surface area contributed by atoms with Crippen LogP contribution in [0.5, 0.6) is 5.75 Å². The molecule has 1 N–H and O–H groups in total. The van der Waals surface area contributed by atoms with Gasteiger partial charge in [-0.1, -0.05) is 12.1 Å². The Morgan fingerprint density at radius 3 is 2.56 bits per heavy atom. The van der Waals surface area contributed by atoms with Gasteiger partial charge in [-0.15, -0.1) is 0 Å². The van der Waals surface area contributed by atoms with Crippen molar-refractivity contribution in [2.45, 2.75) is 25.7 Å². The summed E-state index contributed by atoms with van der Waals surface area (Å²) in [6, 6.07) is 7.64. The minimum Gasteiger partial charge on any atom is -0.497 e. The minimum absolute atomic E-state index is 0.122. The lowest BCUT2D eigenvalue weighted by molar-refractivity contribution is -0.140. The first-order valence-corrected chi connectivity index (χ1v) is 10.0. The minimum atomic E-state index is 0.122. The first kappa shape index (κ1) is 18.3. The second-order valence-corrected chi connectivity index (χ2v) is 8.10. The Morgan fingerprint density at radius 2 is 1.85 bits per heavy atom. The van der Waals surface area contributed by atoms with E-state index in [0.717, 1.165) is 43.7 Å². The van der Waals surface area contributed by atoms with Crippen molar-refractivity contribution < 1.29 is 14.3 Å². The van der Waals surface area contributed by atoms with Crippen LogP contribution in [0.2, 0.25) is 0 Å². The highest BCUT2D eigenvalue weighted by Crippen LogP contribution is 2.59. The lowest BCUT2D eigenvalue weighted by atomic mass is 9.91. The molecule has 0 radical (unpaired) electrons. The highest BCUT2D eigenvalue weighted by molar-refractivity contribution is 5.83. The lowest BCUT2D eigenvalue weighted by Crippen LogP contribution is -2.51. The van der Waals surface area contributed by atoms with Gasteiger partial charge in [0.25, 0.3) is 0 Å². The standard InChI is InChI=1S/C21H29N3O3/c1-27-17-4-2-3-16(13-17)14-19(25)23-9-11-24(12-10-23)20(26)18-15-21(18)5-7-22-8-6-21/h2-4,13,18,22H,5-12,14-15H2,1H3. The van der Waals surface area contributed by atoms with Crippen LogP contribution in [-0.4, -0.2) is 68.0 Å². The fourth-order valence-electron chi connectivity index (χ4n) is 4.64. The summed E-state index contributed by atoms with van der Waals surface area (Å²) in [7, 11) is 1.63. The van der Waals surface area contributed by atoms with Gasteiger partial charge in [-0.05, 0) is 55.5 Å². The van der Waals surface area contributed by atoms with Crippen LogP contribution >= 0.6 is 0 Å². The largest absolute Gasteiger partial charge is 0.497 e. The summed E-state index contributed by atoms with van der Waals surface area (Å²) in [6.07, 6.45) is 3.69. The number of piperidine rings is 1. The first-order valence-electron chi connectivity index (χ1n) is 10.0. The van der Waals surface area contributed by atoms with E-state index in [1.165, 1.54) is 0 Å². The number of carbonyl (C=O) groups excluding carboxylic acids is 2. The quantitative estimate of drug-likeness (QED) is 0.867. The maximum absolute atomic E-state index is 12.9. The van der Waals surface area contributed by atoms with E-state index >= 15 is 0 Å². The highest BCUT2D eigenvalue weighted by Gasteiger charge is 2.58. The molecule has 0 bridgehead atoms. The average molecular weight is 371 g/mol. The van der Waals surface area contributed by atoms with Crippen LogP contribution in [-0.2, 0) is 16.0 Å². The molecule has 2 aliphatic heterocycles. The van der Waals surface area contributed by atoms with E-state index in [2.05, 4.69) is 5.32 Å². The number of nitrogens with one attached hydrogen (secondary N) is 1. The predicted octanol–water partition coefficient (Wildman–Crippen LogP) is 1.30. The van der Waals surface area contributed by atoms with Crippen molar-refractivity contribution in [3.8, 4) is 5.75 Å². The van der Waals surface area contributed by atoms with Gasteiger partial charge in [0.2, 0.25) is 11.8 Å². The fraction of sp³-hybridized carbons (Fsp3) is 0.619. The molecule has 4 rings (SSSR count). The van der Waals surface area contributed by atoms with Crippen LogP contribution in [0.15, 0.2) is 24.3 Å². The lowest BCUT2D eigenvalue weighted by Gasteiger charge is -2.35. The van der Waals surface area contributed by atoms with Gasteiger partial charge in [-0.3, -0.25) is 9.59 Å². The van der Waals surface area contributed by atoms with Gasteiger partial charge < -0.3 is 19.9 Å². The van der Waals surface area contributed by atoms with Gasteiger partial charge in [-0.25, -0.2) is 0 Å². The van der Waals surface area contributed by atoms with Crippen molar-refractivity contribution in [1.29, 1.82) is 0 Å². The number of rotatable bonds is 4. The third-order valence-corrected chi connectivity index (χ3v) is 6.52. The van der Waals surface area contributed by atoms with E-state index in [0.29, 0.717) is 38.5 Å². The molecular formula is C21H29N3O3. The highest BCUT2D eigenvalue weighted by atomic mass is 16.5. The van der Waals surface area contributed by atoms with Crippen molar-refractivity contribution in [2.75, 3.05) is 46.4 Å². The number of hydrogen-bond acceptors (Lipinski definition) is 4. The first-order chi connectivity index (χ1) is 13.1. The number of ether oxygens (including phenoxy) is 1. The molecule has 6 nitrogen and oxygen atoms in total. The summed E-state index contributed by atoms with van der Waals surface area (Å²) >= 11 is 0. The maximum atomic E-state index is 12.9. The van der Waals surface area contributed by atoms with Crippen molar-refractivity contribution in [1.82, 2.24) is 15.1 Å². The van der Waals surface area contributed by atoms with Crippen LogP contribution in [0.25, 0.3) is 0 Å². The summed E-state index contributed by atoms with van der Waals surface area (Å²) in [4.78, 5) is 29.3. The molecule has 0 aromatic heterocycles. The van der Waals surface area contributed by atoms with Crippen molar-refractivity contribution >= 4 is 11.8 Å². The van der Waals surface area contributed by atoms with E-state index in [-0.39, 0.29) is 17.2 Å². The molecule has 3 aliphatic rings. The fourth-order valence-corrected chi connectivity index (χ4v) is 4.64. The number of hydrogen-bond donors (Lipinski definition) is 1. The SMILES string of the molecule is COc1cccc(CC(=O)N2CCN(C(=O)C3CC34CCNCC4)CC2)c1. The summed E-state index contributed by atoms with van der Waals surface area (Å²) in [6.45, 7) is 4.67. The number of amides is 2. The normalized spacial score (nSPS) is 24.0. The molecule has 2 amide bonds. The van der Waals surface area contributed by atoms with Crippen LogP contribution in [0.1, 0.15) is 24.8 Å². The van der Waals surface area contributed by atoms with Gasteiger partial charge >= 0.3 is 0 Å². The number of carbonyl (C=O) groups is 2. The van der Waals surface area contributed by atoms with Gasteiger partial charge in [0, 0.05) is 32.1 Å². The van der Waals surface area contributed by atoms with Crippen LogP contribution in [0.4, 0.5) is 0 Å². The van der Waals surface area contributed by atoms with Crippen molar-refractivity contribution in [3.05, 3.63) is 29.8 Å². The van der Waals surface area contributed by atoms with Gasteiger partial charge in [0.15, 0.2) is 0 Å². The topological polar surface area (TPSA) is 61.9 Å². The Kier molecular flexibility index (Phi) is 5.08. The molecule has 1 aromatic carbocycles. The number of piperazine rings is 1. The van der Waals surface area contributed by atoms with Gasteiger partial charge in [-0.2, -0.15) is 0 Å². The second-order valence-electron chi connectivity index (χ2n) is 8.10. The van der Waals surface area contributed by atoms with E-state index in [1.807, 2.05) is 34.1 Å². The summed E-state index contributed by atoms with van der Waals surface area (Å²) in [5.41, 5.74) is 1.24. The Hall–Kier alpha value is -2.08. The average Bonchev–Trinajstić information content (AvgIpc) is 3.40. The summed E-state index contributed by atoms with van der Waals surface area (Å²) in [5.74, 6) is 1.43. The molecule has 1 unspecified atom stereocenters. The second kappa shape index (κ2) is 7.50. The molecule has 27 heavy (non-hydrogen) atoms. The third kappa shape index (κ3) is 3.81. The molecule has 1 aliphatic carbocycles. The third-order valence-electron chi connectivity index (χ3n) is 6.52. The summed E-state index contributed by atoms with van der Waals surface area (Å²) in [5, 5.41) is 3.39. The Balaban J connectivity index is 1.27. The Labute approximate surface area is 160 Å². The van der Waals surface area contributed by atoms with E-state index in [9.17, 15) is 9.59 Å². The number of nitrogens with zero attached hydrogens (tertiary/aromatic N) is 2. The maximum Gasteiger partial charge on any atom is 0.227 e. The van der Waals surface area contributed by atoms with E-state index < -0.39 is 0 Å². The van der Waals surface area contributed by atoms with Gasteiger partial charge in [0.05, 0.1) is 13.5 Å². The number of benzene rings is 1. The zero-order valence-corrected chi connectivity index (χ0v) is 16.1. The molecule has 1 atom stereocenters. The van der Waals surface area contributed by atoms with Crippen molar-refractivity contribution in [2.24, 2.45) is 11.3 Å². The molecule has 1 saturated carbocycles. The molecule has 2 saturated heterocycles. The van der Waals surface area contributed by atoms with Crippen molar-refractivity contribution in [3.63, 3.8) is 0 Å². The van der Waals surface area contributed by atoms with Crippen LogP contribution in [0.3, 0.4) is 0 Å². The Bertz CT molecular complexity index is 706. The van der Waals surface area contributed by atoms with E-state index in [1.54, 1.807) is 7.11 Å². The van der Waals surface area contributed by atoms with Gasteiger partial charge in [0.1, 0.15) is 5.75 Å². The summed E-state index contributed by atoms with van der Waals surface area (Å²) < 4.78 is 5.23. The zero-order valence-electron chi connectivity index (χ0n) is 16.1. The van der Waals surface area contributed by atoms with E-state index in [4.69, 9.17) is 4.74 Å². The zero-order chi connectivity index (χ0) is 18.9. The number of methoxy groups -OCH3 is 1. The van der Waals surface area contributed by atoms with Crippen LogP contribution < -0.4 is 10.1 Å². The molecule has 1 aromatic rings. The smallest absolute Gasteiger partial charge is 0.227 e. The Morgan fingerprint density at radius 1 is 1.15 bits per heavy atom. The van der Waals surface area contributed by atoms with Crippen LogP contribution in [0, 0.1) is 11.3 Å². The molecular weight excluding hydrogens is 342 g/mol. The molecule has 1 spiro atoms. The monoisotopic (exact) mass is 371 g/mol. The molecule has 3 fully saturated rings. The molecule has 146 valence electrons.